The minimum absolute atomic E-state index is 0.172. The Hall–Kier alpha value is -1.22. The highest BCUT2D eigenvalue weighted by atomic mass is 35.5. The summed E-state index contributed by atoms with van der Waals surface area (Å²) in [6.07, 6.45) is 1.94. The summed E-state index contributed by atoms with van der Waals surface area (Å²) in [7, 11) is 0. The van der Waals surface area contributed by atoms with Crippen LogP contribution in [0.15, 0.2) is 12.1 Å². The Labute approximate surface area is 112 Å². The Morgan fingerprint density at radius 2 is 2.28 bits per heavy atom. The maximum atomic E-state index is 11.2. The van der Waals surface area contributed by atoms with Crippen LogP contribution in [-0.4, -0.2) is 17.7 Å². The number of rotatable bonds is 3. The molecule has 2 rings (SSSR count). The second-order valence-electron chi connectivity index (χ2n) is 5.14. The molecule has 1 unspecified atom stereocenters. The molecule has 1 atom stereocenters. The van der Waals surface area contributed by atoms with E-state index in [1.165, 1.54) is 6.07 Å². The first-order chi connectivity index (χ1) is 8.49. The van der Waals surface area contributed by atoms with E-state index in [-0.39, 0.29) is 5.56 Å². The molecule has 0 fully saturated rings. The molecule has 1 aliphatic heterocycles. The maximum absolute atomic E-state index is 11.2. The molecule has 0 saturated carbocycles. The van der Waals surface area contributed by atoms with Crippen molar-refractivity contribution in [2.24, 2.45) is 5.92 Å². The van der Waals surface area contributed by atoms with Gasteiger partial charge < -0.3 is 9.84 Å². The predicted molar refractivity (Wildman–Crippen MR) is 70.7 cm³/mol. The van der Waals surface area contributed by atoms with Gasteiger partial charge in [0.25, 0.3) is 0 Å². The molecule has 98 valence electrons. The van der Waals surface area contributed by atoms with Crippen molar-refractivity contribution in [1.29, 1.82) is 0 Å². The van der Waals surface area contributed by atoms with Gasteiger partial charge in [-0.1, -0.05) is 25.4 Å². The average molecular weight is 269 g/mol. The van der Waals surface area contributed by atoms with Crippen LogP contribution in [0, 0.1) is 5.92 Å². The Bertz CT molecular complexity index is 468. The lowest BCUT2D eigenvalue weighted by Crippen LogP contribution is -2.18. The monoisotopic (exact) mass is 268 g/mol. The lowest BCUT2D eigenvalue weighted by Gasteiger charge is -2.28. The number of carboxylic acid groups (broad SMARTS) is 1. The molecule has 1 N–H and O–H groups in total. The molecule has 18 heavy (non-hydrogen) atoms. The van der Waals surface area contributed by atoms with Gasteiger partial charge in [-0.2, -0.15) is 0 Å². The summed E-state index contributed by atoms with van der Waals surface area (Å²) in [5.41, 5.74) is 1.12. The minimum atomic E-state index is -0.987. The van der Waals surface area contributed by atoms with Crippen LogP contribution in [0.25, 0.3) is 0 Å². The fourth-order valence-electron chi connectivity index (χ4n) is 2.51. The molecule has 0 amide bonds. The normalized spacial score (nSPS) is 18.3. The van der Waals surface area contributed by atoms with Crippen LogP contribution in [0.4, 0.5) is 0 Å². The van der Waals surface area contributed by atoms with E-state index in [1.807, 2.05) is 6.07 Å². The Morgan fingerprint density at radius 3 is 2.89 bits per heavy atom. The fraction of sp³-hybridized carbons (Fsp3) is 0.500. The number of hydrogen-bond donors (Lipinski definition) is 1. The summed E-state index contributed by atoms with van der Waals surface area (Å²) in [5, 5.41) is 9.66. The van der Waals surface area contributed by atoms with E-state index in [9.17, 15) is 9.90 Å². The van der Waals surface area contributed by atoms with Gasteiger partial charge >= 0.3 is 5.97 Å². The molecule has 0 aliphatic carbocycles. The first-order valence-electron chi connectivity index (χ1n) is 6.18. The molecule has 1 aromatic carbocycles. The summed E-state index contributed by atoms with van der Waals surface area (Å²) >= 11 is 6.01. The molecule has 0 aromatic heterocycles. The van der Waals surface area contributed by atoms with Crippen LogP contribution < -0.4 is 4.74 Å². The minimum Gasteiger partial charge on any atom is -0.492 e. The predicted octanol–water partition coefficient (Wildman–Crippen LogP) is 3.95. The second kappa shape index (κ2) is 5.19. The zero-order valence-electron chi connectivity index (χ0n) is 10.6. The van der Waals surface area contributed by atoms with Crippen LogP contribution >= 0.6 is 11.6 Å². The van der Waals surface area contributed by atoms with Gasteiger partial charge in [0, 0.05) is 5.02 Å². The molecule has 0 saturated heterocycles. The van der Waals surface area contributed by atoms with Crippen molar-refractivity contribution in [3.8, 4) is 5.75 Å². The van der Waals surface area contributed by atoms with Gasteiger partial charge in [0.15, 0.2) is 0 Å². The van der Waals surface area contributed by atoms with Crippen molar-refractivity contribution in [3.05, 3.63) is 28.3 Å². The van der Waals surface area contributed by atoms with Gasteiger partial charge in [-0.15, -0.1) is 0 Å². The Morgan fingerprint density at radius 1 is 1.56 bits per heavy atom. The van der Waals surface area contributed by atoms with E-state index in [2.05, 4.69) is 13.8 Å². The van der Waals surface area contributed by atoms with E-state index in [0.717, 1.165) is 18.4 Å². The highest BCUT2D eigenvalue weighted by Gasteiger charge is 2.27. The summed E-state index contributed by atoms with van der Waals surface area (Å²) < 4.78 is 5.54. The first kappa shape index (κ1) is 13.2. The van der Waals surface area contributed by atoms with E-state index >= 15 is 0 Å². The molecule has 1 aliphatic rings. The van der Waals surface area contributed by atoms with Crippen LogP contribution in [-0.2, 0) is 0 Å². The summed E-state index contributed by atoms with van der Waals surface area (Å²) in [6.45, 7) is 4.90. The molecular formula is C14H17ClO3. The molecule has 0 spiro atoms. The van der Waals surface area contributed by atoms with Gasteiger partial charge in [0.05, 0.1) is 6.61 Å². The summed E-state index contributed by atoms with van der Waals surface area (Å²) in [5.74, 6) is 0.418. The number of benzene rings is 1. The number of carbonyl (C=O) groups is 1. The smallest absolute Gasteiger partial charge is 0.339 e. The topological polar surface area (TPSA) is 46.5 Å². The molecular weight excluding hydrogens is 252 g/mol. The van der Waals surface area contributed by atoms with Gasteiger partial charge in [-0.25, -0.2) is 4.79 Å². The van der Waals surface area contributed by atoms with Crippen molar-refractivity contribution in [3.63, 3.8) is 0 Å². The zero-order chi connectivity index (χ0) is 13.3. The number of ether oxygens (including phenoxy) is 1. The Kier molecular flexibility index (Phi) is 3.81. The lowest BCUT2D eigenvalue weighted by molar-refractivity contribution is 0.0690. The lowest BCUT2D eigenvalue weighted by atomic mass is 9.85. The number of carboxylic acids is 1. The highest BCUT2D eigenvalue weighted by molar-refractivity contribution is 6.31. The SMILES string of the molecule is CC(C)CC1CCOc2c(C(=O)O)cc(Cl)cc21. The third-order valence-corrected chi connectivity index (χ3v) is 3.44. The van der Waals surface area contributed by atoms with Gasteiger partial charge in [-0.3, -0.25) is 0 Å². The maximum Gasteiger partial charge on any atom is 0.339 e. The zero-order valence-corrected chi connectivity index (χ0v) is 11.3. The fourth-order valence-corrected chi connectivity index (χ4v) is 2.74. The van der Waals surface area contributed by atoms with E-state index in [1.54, 1.807) is 0 Å². The largest absolute Gasteiger partial charge is 0.492 e. The van der Waals surface area contributed by atoms with E-state index in [4.69, 9.17) is 16.3 Å². The number of aromatic carboxylic acids is 1. The summed E-state index contributed by atoms with van der Waals surface area (Å²) in [6, 6.07) is 3.30. The van der Waals surface area contributed by atoms with Crippen molar-refractivity contribution < 1.29 is 14.6 Å². The third kappa shape index (κ3) is 2.61. The summed E-state index contributed by atoms with van der Waals surface area (Å²) in [4.78, 5) is 11.2. The molecule has 3 nitrogen and oxygen atoms in total. The average Bonchev–Trinajstić information content (AvgIpc) is 2.28. The standard InChI is InChI=1S/C14H17ClO3/c1-8(2)5-9-3-4-18-13-11(9)6-10(15)7-12(13)14(16)17/h6-9H,3-5H2,1-2H3,(H,16,17). The van der Waals surface area contributed by atoms with Crippen LogP contribution in [0.3, 0.4) is 0 Å². The van der Waals surface area contributed by atoms with Crippen molar-refractivity contribution in [1.82, 2.24) is 0 Å². The first-order valence-corrected chi connectivity index (χ1v) is 6.56. The van der Waals surface area contributed by atoms with Crippen molar-refractivity contribution >= 4 is 17.6 Å². The molecule has 4 heteroatoms. The van der Waals surface area contributed by atoms with E-state index in [0.29, 0.717) is 29.2 Å². The Balaban J connectivity index is 2.47. The van der Waals surface area contributed by atoms with Gasteiger partial charge in [0.1, 0.15) is 11.3 Å². The van der Waals surface area contributed by atoms with E-state index < -0.39 is 5.97 Å². The van der Waals surface area contributed by atoms with Crippen molar-refractivity contribution in [2.45, 2.75) is 32.6 Å². The van der Waals surface area contributed by atoms with Gasteiger partial charge in [-0.05, 0) is 42.4 Å². The van der Waals surface area contributed by atoms with Crippen molar-refractivity contribution in [2.75, 3.05) is 6.61 Å². The second-order valence-corrected chi connectivity index (χ2v) is 5.58. The number of hydrogen-bond acceptors (Lipinski definition) is 2. The quantitative estimate of drug-likeness (QED) is 0.903. The highest BCUT2D eigenvalue weighted by Crippen LogP contribution is 2.41. The van der Waals surface area contributed by atoms with Crippen LogP contribution in [0.1, 0.15) is 48.5 Å². The van der Waals surface area contributed by atoms with Crippen LogP contribution in [0.2, 0.25) is 5.02 Å². The third-order valence-electron chi connectivity index (χ3n) is 3.22. The number of fused-ring (bicyclic) bond motifs is 1. The molecule has 0 bridgehead atoms. The number of halogens is 1. The molecule has 1 aromatic rings. The van der Waals surface area contributed by atoms with Gasteiger partial charge in [0.2, 0.25) is 0 Å². The molecule has 1 heterocycles. The van der Waals surface area contributed by atoms with Crippen LogP contribution in [0.5, 0.6) is 5.75 Å². The molecule has 0 radical (unpaired) electrons.